The summed E-state index contributed by atoms with van der Waals surface area (Å²) < 4.78 is 10.4. The monoisotopic (exact) mass is 224 g/mol. The highest BCUT2D eigenvalue weighted by atomic mass is 35.5. The van der Waals surface area contributed by atoms with Crippen molar-refractivity contribution < 1.29 is 14.6 Å². The zero-order valence-electron chi connectivity index (χ0n) is 6.77. The molecule has 0 radical (unpaired) electrons. The predicted octanol–water partition coefficient (Wildman–Crippen LogP) is 0.579. The average Bonchev–Trinajstić information content (AvgIpc) is 2.51. The standard InChI is InChI=1S/C6H9ClN2O3S/c7-5-8-9-6(13-5)12-4-3-11-2-1-10/h10H,1-4H2. The second kappa shape index (κ2) is 6.09. The van der Waals surface area contributed by atoms with Gasteiger partial charge in [0.15, 0.2) is 0 Å². The van der Waals surface area contributed by atoms with E-state index in [4.69, 9.17) is 26.2 Å². The van der Waals surface area contributed by atoms with E-state index in [9.17, 15) is 0 Å². The summed E-state index contributed by atoms with van der Waals surface area (Å²) in [6.07, 6.45) is 0. The van der Waals surface area contributed by atoms with Gasteiger partial charge in [0, 0.05) is 0 Å². The zero-order chi connectivity index (χ0) is 9.52. The molecule has 0 aliphatic carbocycles. The van der Waals surface area contributed by atoms with Crippen molar-refractivity contribution in [1.82, 2.24) is 10.2 Å². The van der Waals surface area contributed by atoms with Gasteiger partial charge in [-0.3, -0.25) is 0 Å². The molecule has 0 amide bonds. The first-order chi connectivity index (χ1) is 6.33. The third kappa shape index (κ3) is 4.37. The van der Waals surface area contributed by atoms with Crippen LogP contribution in [0.3, 0.4) is 0 Å². The molecule has 13 heavy (non-hydrogen) atoms. The van der Waals surface area contributed by atoms with Crippen molar-refractivity contribution >= 4 is 22.9 Å². The lowest BCUT2D eigenvalue weighted by molar-refractivity contribution is 0.0703. The summed E-state index contributed by atoms with van der Waals surface area (Å²) in [6.45, 7) is 1.13. The quantitative estimate of drug-likeness (QED) is 0.717. The summed E-state index contributed by atoms with van der Waals surface area (Å²) in [7, 11) is 0. The van der Waals surface area contributed by atoms with Gasteiger partial charge in [-0.05, 0) is 22.9 Å². The molecule has 0 aliphatic rings. The highest BCUT2D eigenvalue weighted by molar-refractivity contribution is 7.17. The Kier molecular flexibility index (Phi) is 4.99. The number of ether oxygens (including phenoxy) is 2. The first-order valence-corrected chi connectivity index (χ1v) is 4.83. The number of aliphatic hydroxyl groups is 1. The Balaban J connectivity index is 2.06. The van der Waals surface area contributed by atoms with E-state index in [2.05, 4.69) is 10.2 Å². The lowest BCUT2D eigenvalue weighted by Gasteiger charge is -2.01. The molecule has 0 fully saturated rings. The van der Waals surface area contributed by atoms with E-state index in [-0.39, 0.29) is 6.61 Å². The molecule has 0 aromatic carbocycles. The summed E-state index contributed by atoms with van der Waals surface area (Å²) in [5.41, 5.74) is 0. The number of hydrogen-bond acceptors (Lipinski definition) is 6. The van der Waals surface area contributed by atoms with E-state index in [0.717, 1.165) is 0 Å². The second-order valence-corrected chi connectivity index (χ2v) is 3.53. The number of halogens is 1. The summed E-state index contributed by atoms with van der Waals surface area (Å²) >= 11 is 6.69. The van der Waals surface area contributed by atoms with Crippen LogP contribution >= 0.6 is 22.9 Å². The Morgan fingerprint density at radius 3 is 2.77 bits per heavy atom. The topological polar surface area (TPSA) is 64.5 Å². The van der Waals surface area contributed by atoms with Gasteiger partial charge in [-0.2, -0.15) is 0 Å². The van der Waals surface area contributed by atoms with Gasteiger partial charge < -0.3 is 14.6 Å². The lowest BCUT2D eigenvalue weighted by atomic mass is 10.7. The van der Waals surface area contributed by atoms with Crippen LogP contribution in [0.5, 0.6) is 5.19 Å². The lowest BCUT2D eigenvalue weighted by Crippen LogP contribution is -2.08. The largest absolute Gasteiger partial charge is 0.466 e. The van der Waals surface area contributed by atoms with Gasteiger partial charge in [0.25, 0.3) is 5.19 Å². The Hall–Kier alpha value is -0.430. The maximum atomic E-state index is 8.38. The summed E-state index contributed by atoms with van der Waals surface area (Å²) in [6, 6.07) is 0. The molecule has 1 aromatic heterocycles. The third-order valence-corrected chi connectivity index (χ3v) is 2.00. The molecule has 0 unspecified atom stereocenters. The molecule has 1 N–H and O–H groups in total. The Morgan fingerprint density at radius 1 is 1.31 bits per heavy atom. The van der Waals surface area contributed by atoms with E-state index in [0.29, 0.717) is 29.5 Å². The zero-order valence-corrected chi connectivity index (χ0v) is 8.35. The molecule has 0 saturated heterocycles. The fraction of sp³-hybridized carbons (Fsp3) is 0.667. The van der Waals surface area contributed by atoms with Crippen molar-refractivity contribution in [2.24, 2.45) is 0 Å². The molecule has 0 saturated carbocycles. The molecule has 1 heterocycles. The molecular formula is C6H9ClN2O3S. The first-order valence-electron chi connectivity index (χ1n) is 3.63. The number of nitrogens with zero attached hydrogens (tertiary/aromatic N) is 2. The minimum absolute atomic E-state index is 0.0185. The van der Waals surface area contributed by atoms with Crippen LogP contribution in [0.4, 0.5) is 0 Å². The van der Waals surface area contributed by atoms with E-state index in [1.807, 2.05) is 0 Å². The van der Waals surface area contributed by atoms with Crippen molar-refractivity contribution in [3.05, 3.63) is 4.47 Å². The molecule has 7 heteroatoms. The van der Waals surface area contributed by atoms with Crippen LogP contribution in [0, 0.1) is 0 Å². The summed E-state index contributed by atoms with van der Waals surface area (Å²) in [4.78, 5) is 0. The highest BCUT2D eigenvalue weighted by Gasteiger charge is 2.01. The Morgan fingerprint density at radius 2 is 2.15 bits per heavy atom. The maximum absolute atomic E-state index is 8.38. The van der Waals surface area contributed by atoms with Gasteiger partial charge >= 0.3 is 0 Å². The SMILES string of the molecule is OCCOCCOc1nnc(Cl)s1. The van der Waals surface area contributed by atoms with Gasteiger partial charge in [0.2, 0.25) is 4.47 Å². The van der Waals surface area contributed by atoms with E-state index >= 15 is 0 Å². The normalized spacial score (nSPS) is 10.3. The van der Waals surface area contributed by atoms with E-state index in [1.165, 1.54) is 11.3 Å². The summed E-state index contributed by atoms with van der Waals surface area (Å²) in [5.74, 6) is 0. The van der Waals surface area contributed by atoms with Crippen LogP contribution in [0.15, 0.2) is 0 Å². The van der Waals surface area contributed by atoms with E-state index < -0.39 is 0 Å². The summed E-state index contributed by atoms with van der Waals surface area (Å²) in [5, 5.41) is 16.0. The molecule has 0 atom stereocenters. The molecule has 1 rings (SSSR count). The molecule has 0 aliphatic heterocycles. The Labute approximate surface area is 84.3 Å². The van der Waals surface area contributed by atoms with Crippen LogP contribution in [0.1, 0.15) is 0 Å². The van der Waals surface area contributed by atoms with Crippen LogP contribution < -0.4 is 4.74 Å². The van der Waals surface area contributed by atoms with Crippen molar-refractivity contribution in [3.63, 3.8) is 0 Å². The minimum Gasteiger partial charge on any atom is -0.466 e. The first kappa shape index (κ1) is 10.6. The minimum atomic E-state index is 0.0185. The molecule has 74 valence electrons. The number of rotatable bonds is 6. The number of aromatic nitrogens is 2. The van der Waals surface area contributed by atoms with Gasteiger partial charge in [-0.1, -0.05) is 5.10 Å². The molecule has 0 bridgehead atoms. The third-order valence-electron chi connectivity index (χ3n) is 1.07. The maximum Gasteiger partial charge on any atom is 0.295 e. The van der Waals surface area contributed by atoms with Gasteiger partial charge in [-0.15, -0.1) is 5.10 Å². The van der Waals surface area contributed by atoms with Crippen LogP contribution in [-0.2, 0) is 4.74 Å². The van der Waals surface area contributed by atoms with Gasteiger partial charge in [-0.25, -0.2) is 0 Å². The molecule has 0 spiro atoms. The van der Waals surface area contributed by atoms with Crippen molar-refractivity contribution in [2.45, 2.75) is 0 Å². The van der Waals surface area contributed by atoms with Crippen molar-refractivity contribution in [2.75, 3.05) is 26.4 Å². The second-order valence-electron chi connectivity index (χ2n) is 2.01. The van der Waals surface area contributed by atoms with Gasteiger partial charge in [0.1, 0.15) is 6.61 Å². The molecule has 1 aromatic rings. The highest BCUT2D eigenvalue weighted by Crippen LogP contribution is 2.21. The Bertz CT molecular complexity index is 246. The van der Waals surface area contributed by atoms with Crippen LogP contribution in [0.25, 0.3) is 0 Å². The number of aliphatic hydroxyl groups excluding tert-OH is 1. The molecule has 5 nitrogen and oxygen atoms in total. The predicted molar refractivity (Wildman–Crippen MR) is 48.3 cm³/mol. The van der Waals surface area contributed by atoms with Gasteiger partial charge in [0.05, 0.1) is 19.8 Å². The van der Waals surface area contributed by atoms with Crippen molar-refractivity contribution in [1.29, 1.82) is 0 Å². The van der Waals surface area contributed by atoms with E-state index in [1.54, 1.807) is 0 Å². The fourth-order valence-corrected chi connectivity index (χ4v) is 1.29. The molecular weight excluding hydrogens is 216 g/mol. The van der Waals surface area contributed by atoms with Crippen LogP contribution in [-0.4, -0.2) is 41.7 Å². The fourth-order valence-electron chi connectivity index (χ4n) is 0.606. The average molecular weight is 225 g/mol. The smallest absolute Gasteiger partial charge is 0.295 e. The van der Waals surface area contributed by atoms with Crippen molar-refractivity contribution in [3.8, 4) is 5.19 Å². The number of hydrogen-bond donors (Lipinski definition) is 1. The van der Waals surface area contributed by atoms with Crippen LogP contribution in [0.2, 0.25) is 4.47 Å².